The Bertz CT molecular complexity index is 362. The van der Waals surface area contributed by atoms with Crippen LogP contribution in [0, 0.1) is 11.1 Å². The molecule has 1 unspecified atom stereocenters. The van der Waals surface area contributed by atoms with Gasteiger partial charge in [0.2, 0.25) is 0 Å². The lowest BCUT2D eigenvalue weighted by Gasteiger charge is -2.19. The molecule has 0 spiro atoms. The monoisotopic (exact) mass is 272 g/mol. The van der Waals surface area contributed by atoms with Crippen molar-refractivity contribution >= 4 is 26.2 Å². The molecule has 0 saturated heterocycles. The van der Waals surface area contributed by atoms with Gasteiger partial charge in [-0.2, -0.15) is 10.3 Å². The van der Waals surface area contributed by atoms with Gasteiger partial charge in [0, 0.05) is 4.47 Å². The molecule has 0 aromatic heterocycles. The molecule has 0 amide bonds. The molecule has 0 heterocycles. The van der Waals surface area contributed by atoms with Crippen LogP contribution in [0.2, 0.25) is 0 Å². The maximum absolute atomic E-state index is 6.18. The van der Waals surface area contributed by atoms with Gasteiger partial charge in [-0.25, -0.2) is 0 Å². The van der Waals surface area contributed by atoms with Gasteiger partial charge >= 0.3 is 0 Å². The second kappa shape index (κ2) is 4.57. The van der Waals surface area contributed by atoms with Crippen molar-refractivity contribution in [2.24, 2.45) is 5.41 Å². The molecule has 2 heteroatoms. The van der Waals surface area contributed by atoms with E-state index < -0.39 is 10.3 Å². The zero-order valence-electron chi connectivity index (χ0n) is 8.92. The molecular formula is C12H17BrS. The molecule has 0 aliphatic heterocycles. The average Bonchev–Trinajstić information content (AvgIpc) is 2.02. The highest BCUT2D eigenvalue weighted by Crippen LogP contribution is 2.31. The van der Waals surface area contributed by atoms with Crippen molar-refractivity contribution < 1.29 is 0 Å². The minimum atomic E-state index is -0.497. The molecule has 14 heavy (non-hydrogen) atoms. The maximum Gasteiger partial charge on any atom is 0.0176 e. The normalized spacial score (nSPS) is 13.9. The Labute approximate surface area is 97.4 Å². The van der Waals surface area contributed by atoms with E-state index in [2.05, 4.69) is 61.0 Å². The highest BCUT2D eigenvalue weighted by atomic mass is 79.9. The molecule has 1 rings (SSSR count). The van der Waals surface area contributed by atoms with Crippen molar-refractivity contribution in [1.82, 2.24) is 0 Å². The molecule has 0 radical (unpaired) electrons. The summed E-state index contributed by atoms with van der Waals surface area (Å²) in [5.41, 5.74) is 6.49. The largest absolute Gasteiger partial charge is 0.176 e. The second-order valence-electron chi connectivity index (χ2n) is 4.66. The molecule has 1 aromatic carbocycles. The van der Waals surface area contributed by atoms with Gasteiger partial charge in [0.15, 0.2) is 0 Å². The molecular weight excluding hydrogens is 256 g/mol. The van der Waals surface area contributed by atoms with E-state index in [1.807, 2.05) is 0 Å². The van der Waals surface area contributed by atoms with E-state index in [9.17, 15) is 0 Å². The lowest BCUT2D eigenvalue weighted by Crippen LogP contribution is -2.08. The Kier molecular flexibility index (Phi) is 3.88. The fraction of sp³-hybridized carbons (Fsp3) is 0.417. The Hall–Kier alpha value is -0.170. The molecule has 0 saturated carbocycles. The fourth-order valence-electron chi connectivity index (χ4n) is 1.23. The standard InChI is InChI=1S/C12H17BrS/c1-12(2,3)9-14(4)11-7-5-10(13)6-8-11/h4-8,14H,9H2,1-3H3. The lowest BCUT2D eigenvalue weighted by atomic mass is 10.0. The van der Waals surface area contributed by atoms with Gasteiger partial charge in [0.25, 0.3) is 0 Å². The minimum Gasteiger partial charge on any atom is -0.176 e. The highest BCUT2D eigenvalue weighted by Gasteiger charge is 2.10. The Morgan fingerprint density at radius 1 is 1.21 bits per heavy atom. The van der Waals surface area contributed by atoms with Gasteiger partial charge in [-0.3, -0.25) is 0 Å². The summed E-state index contributed by atoms with van der Waals surface area (Å²) in [7, 11) is -0.497. The van der Waals surface area contributed by atoms with Crippen LogP contribution in [-0.2, 0) is 0 Å². The molecule has 1 atom stereocenters. The molecule has 0 aliphatic rings. The predicted molar refractivity (Wildman–Crippen MR) is 70.7 cm³/mol. The Morgan fingerprint density at radius 2 is 1.71 bits per heavy atom. The van der Waals surface area contributed by atoms with Crippen LogP contribution in [0.3, 0.4) is 0 Å². The maximum atomic E-state index is 6.18. The van der Waals surface area contributed by atoms with Gasteiger partial charge in [-0.1, -0.05) is 36.7 Å². The molecule has 0 aliphatic carbocycles. The third kappa shape index (κ3) is 3.91. The summed E-state index contributed by atoms with van der Waals surface area (Å²) in [4.78, 5) is 1.28. The van der Waals surface area contributed by atoms with Crippen LogP contribution in [-0.4, -0.2) is 5.75 Å². The van der Waals surface area contributed by atoms with E-state index in [4.69, 9.17) is 5.69 Å². The van der Waals surface area contributed by atoms with E-state index >= 15 is 0 Å². The summed E-state index contributed by atoms with van der Waals surface area (Å²) in [6, 6.07) is 8.34. The average molecular weight is 273 g/mol. The Morgan fingerprint density at radius 3 is 2.14 bits per heavy atom. The van der Waals surface area contributed by atoms with Gasteiger partial charge < -0.3 is 0 Å². The first-order valence-corrected chi connectivity index (χ1v) is 7.05. The summed E-state index contributed by atoms with van der Waals surface area (Å²) < 4.78 is 1.11. The van der Waals surface area contributed by atoms with E-state index in [1.165, 1.54) is 4.90 Å². The quantitative estimate of drug-likeness (QED) is 0.663. The summed E-state index contributed by atoms with van der Waals surface area (Å²) in [5, 5.41) is 0. The van der Waals surface area contributed by atoms with Crippen molar-refractivity contribution in [1.29, 1.82) is 0 Å². The van der Waals surface area contributed by atoms with Crippen LogP contribution in [0.25, 0.3) is 0 Å². The van der Waals surface area contributed by atoms with Crippen LogP contribution in [0.1, 0.15) is 20.8 Å². The molecule has 1 aromatic rings. The van der Waals surface area contributed by atoms with Gasteiger partial charge in [0.05, 0.1) is 0 Å². The number of thiol groups is 1. The summed E-state index contributed by atoms with van der Waals surface area (Å²) >= 11 is 3.42. The zero-order valence-corrected chi connectivity index (χ0v) is 11.4. The summed E-state index contributed by atoms with van der Waals surface area (Å²) in [6.45, 7) is 6.69. The van der Waals surface area contributed by atoms with Crippen molar-refractivity contribution in [2.75, 3.05) is 5.75 Å². The lowest BCUT2D eigenvalue weighted by molar-refractivity contribution is 0.480. The third-order valence-corrected chi connectivity index (χ3v) is 4.58. The first-order valence-electron chi connectivity index (χ1n) is 4.66. The number of hydrogen-bond acceptors (Lipinski definition) is 0. The summed E-state index contributed by atoms with van der Waals surface area (Å²) in [5.74, 6) is 1.07. The molecule has 0 fully saturated rings. The molecule has 0 N–H and O–H groups in total. The topological polar surface area (TPSA) is 0 Å². The van der Waals surface area contributed by atoms with E-state index in [0.717, 1.165) is 10.2 Å². The van der Waals surface area contributed by atoms with Crippen LogP contribution in [0.15, 0.2) is 33.6 Å². The van der Waals surface area contributed by atoms with Crippen molar-refractivity contribution in [2.45, 2.75) is 25.7 Å². The zero-order chi connectivity index (χ0) is 10.8. The summed E-state index contributed by atoms with van der Waals surface area (Å²) in [6.07, 6.45) is 0. The second-order valence-corrected chi connectivity index (χ2v) is 7.35. The molecule has 78 valence electrons. The SMILES string of the molecule is C#[SH](CC(C)(C)C)c1ccc(Br)cc1. The predicted octanol–water partition coefficient (Wildman–Crippen LogP) is 4.44. The van der Waals surface area contributed by atoms with Crippen LogP contribution in [0.4, 0.5) is 0 Å². The Balaban J connectivity index is 2.78. The number of halogens is 1. The highest BCUT2D eigenvalue weighted by molar-refractivity contribution is 9.10. The molecule has 0 nitrogen and oxygen atoms in total. The molecule has 0 bridgehead atoms. The van der Waals surface area contributed by atoms with E-state index in [-0.39, 0.29) is 0 Å². The van der Waals surface area contributed by atoms with Crippen molar-refractivity contribution in [3.05, 3.63) is 28.7 Å². The van der Waals surface area contributed by atoms with Crippen LogP contribution >= 0.6 is 26.2 Å². The first-order chi connectivity index (χ1) is 6.38. The van der Waals surface area contributed by atoms with Crippen LogP contribution in [0.5, 0.6) is 0 Å². The van der Waals surface area contributed by atoms with Gasteiger partial charge in [-0.15, -0.1) is 5.69 Å². The van der Waals surface area contributed by atoms with Crippen molar-refractivity contribution in [3.8, 4) is 5.69 Å². The van der Waals surface area contributed by atoms with Gasteiger partial charge in [0.1, 0.15) is 0 Å². The smallest absolute Gasteiger partial charge is 0.0176 e. The van der Waals surface area contributed by atoms with Crippen LogP contribution < -0.4 is 0 Å². The van der Waals surface area contributed by atoms with Crippen molar-refractivity contribution in [3.63, 3.8) is 0 Å². The number of rotatable bonds is 0. The van der Waals surface area contributed by atoms with E-state index in [0.29, 0.717) is 5.41 Å². The minimum absolute atomic E-state index is 0.313. The number of hydrogen-bond donors (Lipinski definition) is 1. The third-order valence-electron chi connectivity index (χ3n) is 1.80. The fourth-order valence-corrected chi connectivity index (χ4v) is 3.24. The van der Waals surface area contributed by atoms with E-state index in [1.54, 1.807) is 0 Å². The van der Waals surface area contributed by atoms with Gasteiger partial charge in [-0.05, 0) is 40.3 Å². The number of benzene rings is 1. The first kappa shape index (κ1) is 11.9.